The smallest absolute Gasteiger partial charge is 0.222 e. The van der Waals surface area contributed by atoms with Crippen LogP contribution >= 0.6 is 0 Å². The van der Waals surface area contributed by atoms with Gasteiger partial charge < -0.3 is 15.8 Å². The number of methoxy groups -OCH3 is 1. The number of ether oxygens (including phenoxy) is 1. The predicted octanol–water partition coefficient (Wildman–Crippen LogP) is -0.0201. The second kappa shape index (κ2) is 4.28. The summed E-state index contributed by atoms with van der Waals surface area (Å²) < 4.78 is 5.22. The highest BCUT2D eigenvalue weighted by atomic mass is 16.5. The number of carbonyl (C=O) groups excluding carboxylic acids is 1. The van der Waals surface area contributed by atoms with Crippen LogP contribution in [0, 0.1) is 17.3 Å². The zero-order chi connectivity index (χ0) is 10.8. The molecule has 1 aliphatic rings. The van der Waals surface area contributed by atoms with Gasteiger partial charge in [-0.15, -0.1) is 0 Å². The first-order chi connectivity index (χ1) is 6.54. The number of nitrogens with one attached hydrogen (secondary N) is 1. The lowest BCUT2D eigenvalue weighted by Gasteiger charge is -2.36. The highest BCUT2D eigenvalue weighted by Crippen LogP contribution is 2.38. The fourth-order valence-corrected chi connectivity index (χ4v) is 2.35. The molecule has 0 bridgehead atoms. The molecule has 14 heavy (non-hydrogen) atoms. The fraction of sp³-hybridized carbons (Fsp3) is 0.900. The maximum absolute atomic E-state index is 11.3. The van der Waals surface area contributed by atoms with E-state index in [-0.39, 0.29) is 17.2 Å². The molecule has 1 aliphatic heterocycles. The first-order valence-electron chi connectivity index (χ1n) is 5.03. The summed E-state index contributed by atoms with van der Waals surface area (Å²) >= 11 is 0. The summed E-state index contributed by atoms with van der Waals surface area (Å²) in [5.41, 5.74) is 5.28. The lowest BCUT2D eigenvalue weighted by atomic mass is 9.70. The summed E-state index contributed by atoms with van der Waals surface area (Å²) in [7, 11) is 1.67. The van der Waals surface area contributed by atoms with E-state index in [2.05, 4.69) is 19.2 Å². The molecule has 0 aliphatic carbocycles. The van der Waals surface area contributed by atoms with Crippen molar-refractivity contribution < 1.29 is 9.53 Å². The van der Waals surface area contributed by atoms with E-state index >= 15 is 0 Å². The van der Waals surface area contributed by atoms with Crippen molar-refractivity contribution in [2.45, 2.75) is 13.8 Å². The van der Waals surface area contributed by atoms with Crippen molar-refractivity contribution in [2.75, 3.05) is 26.8 Å². The SMILES string of the molecule is COCC1(C(C)C)CNCC1C(N)=O. The zero-order valence-corrected chi connectivity index (χ0v) is 9.17. The first kappa shape index (κ1) is 11.5. The number of amides is 1. The molecule has 2 atom stereocenters. The fourth-order valence-electron chi connectivity index (χ4n) is 2.35. The average Bonchev–Trinajstić information content (AvgIpc) is 2.50. The third-order valence-corrected chi connectivity index (χ3v) is 3.40. The largest absolute Gasteiger partial charge is 0.384 e. The van der Waals surface area contributed by atoms with E-state index in [0.717, 1.165) is 6.54 Å². The molecule has 1 saturated heterocycles. The Morgan fingerprint density at radius 2 is 2.36 bits per heavy atom. The van der Waals surface area contributed by atoms with Crippen LogP contribution in [0.2, 0.25) is 0 Å². The van der Waals surface area contributed by atoms with Crippen molar-refractivity contribution in [3.63, 3.8) is 0 Å². The summed E-state index contributed by atoms with van der Waals surface area (Å²) in [5, 5.41) is 3.23. The van der Waals surface area contributed by atoms with Crippen LogP contribution in [0.3, 0.4) is 0 Å². The quantitative estimate of drug-likeness (QED) is 0.670. The summed E-state index contributed by atoms with van der Waals surface area (Å²) in [6, 6.07) is 0. The normalized spacial score (nSPS) is 32.4. The minimum absolute atomic E-state index is 0.109. The number of primary amides is 1. The van der Waals surface area contributed by atoms with Crippen molar-refractivity contribution in [1.29, 1.82) is 0 Å². The van der Waals surface area contributed by atoms with E-state index in [4.69, 9.17) is 10.5 Å². The van der Waals surface area contributed by atoms with Crippen LogP contribution in [0.4, 0.5) is 0 Å². The van der Waals surface area contributed by atoms with E-state index in [0.29, 0.717) is 19.1 Å². The number of rotatable bonds is 4. The summed E-state index contributed by atoms with van der Waals surface area (Å²) in [4.78, 5) is 11.3. The van der Waals surface area contributed by atoms with Crippen LogP contribution in [0.1, 0.15) is 13.8 Å². The third-order valence-electron chi connectivity index (χ3n) is 3.40. The van der Waals surface area contributed by atoms with E-state index in [1.807, 2.05) is 0 Å². The Morgan fingerprint density at radius 3 is 2.79 bits per heavy atom. The zero-order valence-electron chi connectivity index (χ0n) is 9.17. The molecule has 1 rings (SSSR count). The van der Waals surface area contributed by atoms with Gasteiger partial charge in [-0.25, -0.2) is 0 Å². The Balaban J connectivity index is 2.89. The molecule has 1 fully saturated rings. The van der Waals surface area contributed by atoms with Gasteiger partial charge in [0.1, 0.15) is 0 Å². The minimum Gasteiger partial charge on any atom is -0.384 e. The van der Waals surface area contributed by atoms with E-state index in [1.165, 1.54) is 0 Å². The van der Waals surface area contributed by atoms with Gasteiger partial charge in [-0.2, -0.15) is 0 Å². The average molecular weight is 200 g/mol. The second-order valence-corrected chi connectivity index (χ2v) is 4.41. The van der Waals surface area contributed by atoms with Crippen molar-refractivity contribution in [2.24, 2.45) is 23.0 Å². The molecule has 0 aromatic rings. The van der Waals surface area contributed by atoms with Gasteiger partial charge >= 0.3 is 0 Å². The molecule has 0 saturated carbocycles. The van der Waals surface area contributed by atoms with Crippen LogP contribution in [-0.2, 0) is 9.53 Å². The third kappa shape index (κ3) is 1.77. The summed E-state index contributed by atoms with van der Waals surface area (Å²) in [6.45, 7) is 6.30. The standard InChI is InChI=1S/C10H20N2O2/c1-7(2)10(6-14-3)5-12-4-8(10)9(11)13/h7-8,12H,4-6H2,1-3H3,(H2,11,13). The van der Waals surface area contributed by atoms with Gasteiger partial charge in [-0.05, 0) is 5.92 Å². The molecule has 1 amide bonds. The topological polar surface area (TPSA) is 64.3 Å². The van der Waals surface area contributed by atoms with Crippen molar-refractivity contribution in [1.82, 2.24) is 5.32 Å². The number of carbonyl (C=O) groups is 1. The predicted molar refractivity (Wildman–Crippen MR) is 54.7 cm³/mol. The maximum Gasteiger partial charge on any atom is 0.222 e. The Labute approximate surface area is 85.2 Å². The van der Waals surface area contributed by atoms with Crippen LogP contribution < -0.4 is 11.1 Å². The van der Waals surface area contributed by atoms with Crippen molar-refractivity contribution in [3.8, 4) is 0 Å². The van der Waals surface area contributed by atoms with E-state index in [1.54, 1.807) is 7.11 Å². The van der Waals surface area contributed by atoms with Gasteiger partial charge in [0, 0.05) is 25.6 Å². The molecule has 3 N–H and O–H groups in total. The number of hydrogen-bond acceptors (Lipinski definition) is 3. The summed E-state index contributed by atoms with van der Waals surface area (Å²) in [5.74, 6) is 0.0538. The van der Waals surface area contributed by atoms with E-state index < -0.39 is 0 Å². The Bertz CT molecular complexity index is 218. The number of hydrogen-bond donors (Lipinski definition) is 2. The molecule has 0 spiro atoms. The molecule has 0 radical (unpaired) electrons. The Hall–Kier alpha value is -0.610. The second-order valence-electron chi connectivity index (χ2n) is 4.41. The van der Waals surface area contributed by atoms with Gasteiger partial charge in [0.25, 0.3) is 0 Å². The van der Waals surface area contributed by atoms with Crippen molar-refractivity contribution in [3.05, 3.63) is 0 Å². The molecule has 4 heteroatoms. The molecular formula is C10H20N2O2. The number of nitrogens with two attached hydrogens (primary N) is 1. The first-order valence-corrected chi connectivity index (χ1v) is 5.03. The highest BCUT2D eigenvalue weighted by molar-refractivity contribution is 5.78. The Kier molecular flexibility index (Phi) is 3.50. The van der Waals surface area contributed by atoms with Gasteiger partial charge in [0.15, 0.2) is 0 Å². The van der Waals surface area contributed by atoms with Crippen molar-refractivity contribution >= 4 is 5.91 Å². The monoisotopic (exact) mass is 200 g/mol. The highest BCUT2D eigenvalue weighted by Gasteiger charge is 2.48. The van der Waals surface area contributed by atoms with Gasteiger partial charge in [-0.3, -0.25) is 4.79 Å². The maximum atomic E-state index is 11.3. The van der Waals surface area contributed by atoms with Crippen LogP contribution in [0.25, 0.3) is 0 Å². The lowest BCUT2D eigenvalue weighted by Crippen LogP contribution is -2.45. The molecule has 82 valence electrons. The lowest BCUT2D eigenvalue weighted by molar-refractivity contribution is -0.127. The van der Waals surface area contributed by atoms with Crippen LogP contribution in [-0.4, -0.2) is 32.7 Å². The van der Waals surface area contributed by atoms with Gasteiger partial charge in [0.2, 0.25) is 5.91 Å². The molecular weight excluding hydrogens is 180 g/mol. The Morgan fingerprint density at radius 1 is 1.71 bits per heavy atom. The molecule has 0 aromatic carbocycles. The minimum atomic E-state index is -0.222. The van der Waals surface area contributed by atoms with E-state index in [9.17, 15) is 4.79 Å². The molecule has 1 heterocycles. The van der Waals surface area contributed by atoms with Crippen LogP contribution in [0.15, 0.2) is 0 Å². The molecule has 2 unspecified atom stereocenters. The van der Waals surface area contributed by atoms with Gasteiger partial charge in [0.05, 0.1) is 12.5 Å². The van der Waals surface area contributed by atoms with Crippen LogP contribution in [0.5, 0.6) is 0 Å². The summed E-state index contributed by atoms with van der Waals surface area (Å²) in [6.07, 6.45) is 0. The molecule has 4 nitrogen and oxygen atoms in total. The molecule has 0 aromatic heterocycles. The van der Waals surface area contributed by atoms with Gasteiger partial charge in [-0.1, -0.05) is 13.8 Å².